The minimum atomic E-state index is 0.103. The summed E-state index contributed by atoms with van der Waals surface area (Å²) >= 11 is 1.49. The molecule has 27 heavy (non-hydrogen) atoms. The van der Waals surface area contributed by atoms with Crippen LogP contribution in [-0.4, -0.2) is 39.2 Å². The van der Waals surface area contributed by atoms with Crippen molar-refractivity contribution < 1.29 is 4.79 Å². The zero-order valence-electron chi connectivity index (χ0n) is 15.6. The number of carbonyl (C=O) groups is 1. The van der Waals surface area contributed by atoms with E-state index in [0.29, 0.717) is 18.2 Å². The molecule has 0 saturated carbocycles. The maximum atomic E-state index is 12.9. The van der Waals surface area contributed by atoms with Crippen molar-refractivity contribution in [1.82, 2.24) is 14.5 Å². The number of hydrogen-bond donors (Lipinski definition) is 0. The predicted octanol–water partition coefficient (Wildman–Crippen LogP) is 3.32. The Labute approximate surface area is 163 Å². The monoisotopic (exact) mass is 383 g/mol. The second-order valence-corrected chi connectivity index (χ2v) is 8.46. The predicted molar refractivity (Wildman–Crippen MR) is 107 cm³/mol. The molecule has 2 aliphatic rings. The van der Waals surface area contributed by atoms with Crippen LogP contribution in [0.25, 0.3) is 0 Å². The Kier molecular flexibility index (Phi) is 5.34. The standard InChI is InChI=1S/C21H25N3O2S/c1-2-6-17-15-11-16(18-7-5-9-20(25)24(17)18)13-23(12-15)21(26)14-27-19-8-3-4-10-22-19/h3-5,7-10,15-17H,2,6,11-14H2,1H3/t15-,16+,17-/m0/s1. The Balaban J connectivity index is 1.53. The third-order valence-corrected chi connectivity index (χ3v) is 6.65. The van der Waals surface area contributed by atoms with Gasteiger partial charge in [-0.15, -0.1) is 0 Å². The molecule has 3 atom stereocenters. The number of aromatic nitrogens is 2. The largest absolute Gasteiger partial charge is 0.341 e. The third-order valence-electron chi connectivity index (χ3n) is 5.72. The van der Waals surface area contributed by atoms with Crippen LogP contribution in [0.1, 0.15) is 43.8 Å². The van der Waals surface area contributed by atoms with Crippen molar-refractivity contribution in [2.24, 2.45) is 5.92 Å². The molecule has 2 bridgehead atoms. The minimum Gasteiger partial charge on any atom is -0.341 e. The molecule has 1 fully saturated rings. The summed E-state index contributed by atoms with van der Waals surface area (Å²) in [6.45, 7) is 3.62. The summed E-state index contributed by atoms with van der Waals surface area (Å²) < 4.78 is 2.02. The normalized spacial score (nSPS) is 23.7. The van der Waals surface area contributed by atoms with Crippen molar-refractivity contribution in [1.29, 1.82) is 0 Å². The quantitative estimate of drug-likeness (QED) is 0.743. The van der Waals surface area contributed by atoms with Crippen LogP contribution >= 0.6 is 11.8 Å². The number of amides is 1. The third kappa shape index (κ3) is 3.68. The molecule has 6 heteroatoms. The van der Waals surface area contributed by atoms with E-state index in [-0.39, 0.29) is 23.4 Å². The lowest BCUT2D eigenvalue weighted by Gasteiger charge is -2.47. The molecule has 2 aromatic heterocycles. The van der Waals surface area contributed by atoms with Crippen LogP contribution in [0.15, 0.2) is 52.4 Å². The van der Waals surface area contributed by atoms with Crippen LogP contribution in [0.2, 0.25) is 0 Å². The second kappa shape index (κ2) is 7.89. The molecule has 0 radical (unpaired) electrons. The van der Waals surface area contributed by atoms with E-state index >= 15 is 0 Å². The number of piperidine rings is 1. The lowest BCUT2D eigenvalue weighted by atomic mass is 9.77. The summed E-state index contributed by atoms with van der Waals surface area (Å²) in [6.07, 6.45) is 4.85. The van der Waals surface area contributed by atoms with Crippen LogP contribution in [0.3, 0.4) is 0 Å². The zero-order chi connectivity index (χ0) is 18.8. The summed E-state index contributed by atoms with van der Waals surface area (Å²) in [5, 5.41) is 0.879. The van der Waals surface area contributed by atoms with Gasteiger partial charge in [-0.3, -0.25) is 9.59 Å². The Morgan fingerprint density at radius 2 is 2.11 bits per heavy atom. The summed E-state index contributed by atoms with van der Waals surface area (Å²) in [5.74, 6) is 1.20. The van der Waals surface area contributed by atoms with Crippen LogP contribution in [0, 0.1) is 5.92 Å². The number of thioether (sulfide) groups is 1. The molecule has 5 nitrogen and oxygen atoms in total. The summed E-state index contributed by atoms with van der Waals surface area (Å²) in [5.41, 5.74) is 1.21. The van der Waals surface area contributed by atoms with Crippen LogP contribution < -0.4 is 5.56 Å². The first kappa shape index (κ1) is 18.3. The lowest BCUT2D eigenvalue weighted by molar-refractivity contribution is -0.131. The fourth-order valence-electron chi connectivity index (χ4n) is 4.57. The van der Waals surface area contributed by atoms with Gasteiger partial charge in [0.05, 0.1) is 10.8 Å². The van der Waals surface area contributed by atoms with E-state index in [1.807, 2.05) is 33.7 Å². The Hall–Kier alpha value is -2.08. The number of fused-ring (bicyclic) bond motifs is 4. The van der Waals surface area contributed by atoms with Gasteiger partial charge in [0.2, 0.25) is 5.91 Å². The fraction of sp³-hybridized carbons (Fsp3) is 0.476. The van der Waals surface area contributed by atoms with Gasteiger partial charge in [-0.05, 0) is 37.0 Å². The van der Waals surface area contributed by atoms with Crippen LogP contribution in [0.4, 0.5) is 0 Å². The molecule has 0 spiro atoms. The highest BCUT2D eigenvalue weighted by Crippen LogP contribution is 2.42. The molecule has 4 heterocycles. The summed E-state index contributed by atoms with van der Waals surface area (Å²) in [4.78, 5) is 31.7. The van der Waals surface area contributed by atoms with E-state index in [1.54, 1.807) is 12.3 Å². The van der Waals surface area contributed by atoms with Crippen LogP contribution in [-0.2, 0) is 4.79 Å². The second-order valence-electron chi connectivity index (χ2n) is 7.46. The van der Waals surface area contributed by atoms with Crippen molar-refractivity contribution in [2.45, 2.75) is 43.2 Å². The number of carbonyl (C=O) groups excluding carboxylic acids is 1. The molecule has 0 aliphatic carbocycles. The van der Waals surface area contributed by atoms with Crippen molar-refractivity contribution in [3.63, 3.8) is 0 Å². The molecule has 0 aromatic carbocycles. The maximum Gasteiger partial charge on any atom is 0.250 e. The van der Waals surface area contributed by atoms with Gasteiger partial charge in [0, 0.05) is 43.0 Å². The average Bonchev–Trinajstić information content (AvgIpc) is 2.70. The number of pyridine rings is 2. The van der Waals surface area contributed by atoms with Gasteiger partial charge in [-0.25, -0.2) is 4.98 Å². The number of likely N-dealkylation sites (tertiary alicyclic amines) is 1. The highest BCUT2D eigenvalue weighted by Gasteiger charge is 2.41. The van der Waals surface area contributed by atoms with E-state index in [9.17, 15) is 9.59 Å². The van der Waals surface area contributed by atoms with E-state index in [4.69, 9.17) is 0 Å². The molecule has 0 unspecified atom stereocenters. The van der Waals surface area contributed by atoms with E-state index < -0.39 is 0 Å². The SMILES string of the molecule is CCC[C@H]1[C@H]2C[C@H](CN(C(=O)CSc3ccccn3)C2)c2cccc(=O)n21. The molecular formula is C21H25N3O2S. The first-order valence-corrected chi connectivity index (χ1v) is 10.7. The van der Waals surface area contributed by atoms with Crippen LogP contribution in [0.5, 0.6) is 0 Å². The Morgan fingerprint density at radius 3 is 2.89 bits per heavy atom. The van der Waals surface area contributed by atoms with Gasteiger partial charge in [-0.1, -0.05) is 37.2 Å². The zero-order valence-corrected chi connectivity index (χ0v) is 16.4. The van der Waals surface area contributed by atoms with Crippen molar-refractivity contribution in [3.8, 4) is 0 Å². The summed E-state index contributed by atoms with van der Waals surface area (Å²) in [6, 6.07) is 11.5. The van der Waals surface area contributed by atoms with E-state index in [1.165, 1.54) is 11.8 Å². The number of nitrogens with zero attached hydrogens (tertiary/aromatic N) is 3. The molecule has 4 rings (SSSR count). The van der Waals surface area contributed by atoms with Gasteiger partial charge in [-0.2, -0.15) is 0 Å². The molecule has 142 valence electrons. The first-order chi connectivity index (χ1) is 13.2. The number of rotatable bonds is 5. The highest BCUT2D eigenvalue weighted by atomic mass is 32.2. The van der Waals surface area contributed by atoms with Gasteiger partial charge in [0.25, 0.3) is 5.56 Å². The molecule has 2 aromatic rings. The molecule has 1 saturated heterocycles. The fourth-order valence-corrected chi connectivity index (χ4v) is 5.33. The lowest BCUT2D eigenvalue weighted by Crippen LogP contribution is -2.51. The van der Waals surface area contributed by atoms with Gasteiger partial charge < -0.3 is 9.47 Å². The highest BCUT2D eigenvalue weighted by molar-refractivity contribution is 7.99. The average molecular weight is 384 g/mol. The molecule has 1 amide bonds. The smallest absolute Gasteiger partial charge is 0.250 e. The van der Waals surface area contributed by atoms with Gasteiger partial charge in [0.15, 0.2) is 0 Å². The summed E-state index contributed by atoms with van der Waals surface area (Å²) in [7, 11) is 0. The molecule has 0 N–H and O–H groups in total. The van der Waals surface area contributed by atoms with Gasteiger partial charge in [0.1, 0.15) is 0 Å². The van der Waals surface area contributed by atoms with Crippen molar-refractivity contribution in [3.05, 3.63) is 58.6 Å². The number of hydrogen-bond acceptors (Lipinski definition) is 4. The van der Waals surface area contributed by atoms with E-state index in [0.717, 1.165) is 36.5 Å². The minimum absolute atomic E-state index is 0.103. The van der Waals surface area contributed by atoms with Gasteiger partial charge >= 0.3 is 0 Å². The topological polar surface area (TPSA) is 55.2 Å². The Morgan fingerprint density at radius 1 is 1.22 bits per heavy atom. The van der Waals surface area contributed by atoms with Crippen molar-refractivity contribution in [2.75, 3.05) is 18.8 Å². The first-order valence-electron chi connectivity index (χ1n) is 9.70. The molecule has 2 aliphatic heterocycles. The maximum absolute atomic E-state index is 12.9. The van der Waals surface area contributed by atoms with Crippen molar-refractivity contribution >= 4 is 17.7 Å². The van der Waals surface area contributed by atoms with E-state index in [2.05, 4.69) is 18.0 Å². The Bertz CT molecular complexity index is 867. The molecular weight excluding hydrogens is 358 g/mol.